The Bertz CT molecular complexity index is 1640. The predicted octanol–water partition coefficient (Wildman–Crippen LogP) is 7.65. The van der Waals surface area contributed by atoms with Crippen LogP contribution in [0, 0.1) is 28.7 Å². The summed E-state index contributed by atoms with van der Waals surface area (Å²) in [6, 6.07) is 17.8. The third-order valence-electron chi connectivity index (χ3n) is 6.24. The molecule has 1 heterocycles. The minimum atomic E-state index is -1.10. The van der Waals surface area contributed by atoms with Crippen LogP contribution in [0.2, 0.25) is 0 Å². The van der Waals surface area contributed by atoms with Crippen LogP contribution in [0.15, 0.2) is 78.0 Å². The van der Waals surface area contributed by atoms with Gasteiger partial charge in [0.25, 0.3) is 5.69 Å². The van der Waals surface area contributed by atoms with Crippen molar-refractivity contribution in [2.75, 3.05) is 11.5 Å². The van der Waals surface area contributed by atoms with E-state index in [0.29, 0.717) is 27.3 Å². The third-order valence-corrected chi connectivity index (χ3v) is 7.61. The molecule has 0 bridgehead atoms. The Morgan fingerprint density at radius 2 is 1.64 bits per heavy atom. The molecule has 0 aliphatic carbocycles. The zero-order chi connectivity index (χ0) is 30.4. The summed E-state index contributed by atoms with van der Waals surface area (Å²) in [5, 5.41) is 15.1. The minimum absolute atomic E-state index is 0.000444. The van der Waals surface area contributed by atoms with E-state index in [0.717, 1.165) is 28.4 Å². The van der Waals surface area contributed by atoms with Crippen molar-refractivity contribution in [3.8, 4) is 10.4 Å². The molecular formula is C30H25F2N3O6S. The highest BCUT2D eigenvalue weighted by Gasteiger charge is 2.32. The maximum atomic E-state index is 14.8. The standard InChI is InChI=1S/C30H25F2N3O6S/c1-4-40-29(36)26-18(2)27(21-13-15-22(16-14-21)35(38)39)42-28(26)34(17-23-24(31)11-8-12-25(23)32)30(37)41-33-19(3)20-9-6-5-7-10-20/h5-16H,4,17H2,1-3H3/b33-19-. The first kappa shape index (κ1) is 30.0. The predicted molar refractivity (Wildman–Crippen MR) is 155 cm³/mol. The number of nitro benzene ring substituents is 1. The first-order valence-corrected chi connectivity index (χ1v) is 13.5. The number of halogens is 2. The molecule has 12 heteroatoms. The Labute approximate surface area is 243 Å². The molecule has 0 radical (unpaired) electrons. The molecule has 9 nitrogen and oxygen atoms in total. The molecular weight excluding hydrogens is 568 g/mol. The molecule has 0 saturated heterocycles. The lowest BCUT2D eigenvalue weighted by Gasteiger charge is -2.21. The Morgan fingerprint density at radius 1 is 1.00 bits per heavy atom. The van der Waals surface area contributed by atoms with Crippen molar-refractivity contribution < 1.29 is 32.9 Å². The number of oxime groups is 1. The van der Waals surface area contributed by atoms with Gasteiger partial charge in [-0.2, -0.15) is 0 Å². The zero-order valence-corrected chi connectivity index (χ0v) is 23.6. The highest BCUT2D eigenvalue weighted by Crippen LogP contribution is 2.43. The Morgan fingerprint density at radius 3 is 2.24 bits per heavy atom. The van der Waals surface area contributed by atoms with Gasteiger partial charge in [-0.3, -0.25) is 19.9 Å². The zero-order valence-electron chi connectivity index (χ0n) is 22.8. The topological polar surface area (TPSA) is 111 Å². The largest absolute Gasteiger partial charge is 0.462 e. The fourth-order valence-corrected chi connectivity index (χ4v) is 5.38. The number of thiophene rings is 1. The van der Waals surface area contributed by atoms with Gasteiger partial charge in [-0.1, -0.05) is 41.6 Å². The number of nitrogens with zero attached hydrogens (tertiary/aromatic N) is 3. The van der Waals surface area contributed by atoms with E-state index in [1.165, 1.54) is 30.3 Å². The number of rotatable bonds is 9. The van der Waals surface area contributed by atoms with Crippen molar-refractivity contribution in [3.05, 3.63) is 117 Å². The van der Waals surface area contributed by atoms with Crippen LogP contribution in [0.3, 0.4) is 0 Å². The maximum absolute atomic E-state index is 14.8. The Hall–Kier alpha value is -4.97. The molecule has 0 N–H and O–H groups in total. The molecule has 216 valence electrons. The molecule has 3 aromatic carbocycles. The van der Waals surface area contributed by atoms with Gasteiger partial charge in [0.05, 0.1) is 29.4 Å². The Kier molecular flexibility index (Phi) is 9.38. The van der Waals surface area contributed by atoms with Crippen molar-refractivity contribution >= 4 is 39.8 Å². The number of carbonyl (C=O) groups excluding carboxylic acids is 2. The van der Waals surface area contributed by atoms with Gasteiger partial charge in [0.1, 0.15) is 16.6 Å². The lowest BCUT2D eigenvalue weighted by atomic mass is 10.1. The third kappa shape index (κ3) is 6.50. The molecule has 1 amide bonds. The van der Waals surface area contributed by atoms with Gasteiger partial charge < -0.3 is 4.74 Å². The molecule has 4 rings (SSSR count). The summed E-state index contributed by atoms with van der Waals surface area (Å²) in [7, 11) is 0. The SMILES string of the molecule is CCOC(=O)c1c(N(Cc2c(F)cccc2F)C(=O)O/N=C(/C)c2ccccc2)sc(-c2ccc([N+](=O)[O-])cc2)c1C. The number of ether oxygens (including phenoxy) is 1. The molecule has 0 spiro atoms. The van der Waals surface area contributed by atoms with Crippen LogP contribution >= 0.6 is 11.3 Å². The highest BCUT2D eigenvalue weighted by molar-refractivity contribution is 7.20. The summed E-state index contributed by atoms with van der Waals surface area (Å²) in [4.78, 5) is 44.0. The van der Waals surface area contributed by atoms with Crippen LogP contribution in [-0.2, 0) is 16.1 Å². The summed E-state index contributed by atoms with van der Waals surface area (Å²) in [6.07, 6.45) is -1.10. The average Bonchev–Trinajstić information content (AvgIpc) is 3.32. The number of nitro groups is 1. The molecule has 0 fully saturated rings. The lowest BCUT2D eigenvalue weighted by molar-refractivity contribution is -0.384. The van der Waals surface area contributed by atoms with Crippen molar-refractivity contribution in [1.29, 1.82) is 0 Å². The minimum Gasteiger partial charge on any atom is -0.462 e. The van der Waals surface area contributed by atoms with Crippen molar-refractivity contribution in [2.24, 2.45) is 5.16 Å². The smallest absolute Gasteiger partial charge is 0.441 e. The summed E-state index contributed by atoms with van der Waals surface area (Å²) < 4.78 is 34.8. The van der Waals surface area contributed by atoms with Crippen LogP contribution < -0.4 is 4.90 Å². The van der Waals surface area contributed by atoms with Gasteiger partial charge >= 0.3 is 12.1 Å². The van der Waals surface area contributed by atoms with Crippen LogP contribution in [0.5, 0.6) is 0 Å². The van der Waals surface area contributed by atoms with E-state index in [1.54, 1.807) is 45.0 Å². The normalized spacial score (nSPS) is 11.2. The molecule has 0 atom stereocenters. The summed E-state index contributed by atoms with van der Waals surface area (Å²) >= 11 is 0.967. The van der Waals surface area contributed by atoms with E-state index >= 15 is 0 Å². The van der Waals surface area contributed by atoms with E-state index in [2.05, 4.69) is 5.16 Å². The van der Waals surface area contributed by atoms with E-state index in [-0.39, 0.29) is 22.9 Å². The van der Waals surface area contributed by atoms with E-state index in [9.17, 15) is 28.5 Å². The molecule has 0 saturated carbocycles. The first-order valence-electron chi connectivity index (χ1n) is 12.7. The average molecular weight is 594 g/mol. The lowest BCUT2D eigenvalue weighted by Crippen LogP contribution is -2.32. The maximum Gasteiger partial charge on any atom is 0.441 e. The molecule has 1 aromatic heterocycles. The van der Waals surface area contributed by atoms with Gasteiger partial charge in [-0.15, -0.1) is 11.3 Å². The van der Waals surface area contributed by atoms with Gasteiger partial charge in [0, 0.05) is 22.6 Å². The second-order valence-corrected chi connectivity index (χ2v) is 9.95. The van der Waals surface area contributed by atoms with Gasteiger partial charge in [0.2, 0.25) is 0 Å². The number of hydrogen-bond donors (Lipinski definition) is 0. The molecule has 0 unspecified atom stereocenters. The molecule has 0 aliphatic heterocycles. The van der Waals surface area contributed by atoms with E-state index < -0.39 is 40.7 Å². The molecule has 4 aromatic rings. The van der Waals surface area contributed by atoms with Crippen molar-refractivity contribution in [3.63, 3.8) is 0 Å². The van der Waals surface area contributed by atoms with E-state index in [1.807, 2.05) is 6.07 Å². The summed E-state index contributed by atoms with van der Waals surface area (Å²) in [5.74, 6) is -2.58. The highest BCUT2D eigenvalue weighted by atomic mass is 32.1. The van der Waals surface area contributed by atoms with Crippen LogP contribution in [-0.4, -0.2) is 29.3 Å². The van der Waals surface area contributed by atoms with Crippen LogP contribution in [0.25, 0.3) is 10.4 Å². The second kappa shape index (κ2) is 13.1. The van der Waals surface area contributed by atoms with Gasteiger partial charge in [-0.25, -0.2) is 18.4 Å². The fourth-order valence-electron chi connectivity index (χ4n) is 4.09. The monoisotopic (exact) mass is 593 g/mol. The Balaban J connectivity index is 1.85. The first-order chi connectivity index (χ1) is 20.1. The number of hydrogen-bond acceptors (Lipinski definition) is 8. The number of non-ortho nitro benzene ring substituents is 1. The number of esters is 1. The molecule has 42 heavy (non-hydrogen) atoms. The van der Waals surface area contributed by atoms with Crippen LogP contribution in [0.1, 0.15) is 40.9 Å². The number of carbonyl (C=O) groups is 2. The van der Waals surface area contributed by atoms with Gasteiger partial charge in [0.15, 0.2) is 0 Å². The number of anilines is 1. The second-order valence-electron chi connectivity index (χ2n) is 8.95. The van der Waals surface area contributed by atoms with Gasteiger partial charge in [-0.05, 0) is 61.7 Å². The summed E-state index contributed by atoms with van der Waals surface area (Å²) in [5.41, 5.74) is 1.37. The van der Waals surface area contributed by atoms with E-state index in [4.69, 9.17) is 9.57 Å². The van der Waals surface area contributed by atoms with Crippen molar-refractivity contribution in [1.82, 2.24) is 0 Å². The number of benzene rings is 3. The summed E-state index contributed by atoms with van der Waals surface area (Å²) in [6.45, 7) is 4.23. The van der Waals surface area contributed by atoms with Crippen LogP contribution in [0.4, 0.5) is 24.3 Å². The van der Waals surface area contributed by atoms with Crippen molar-refractivity contribution in [2.45, 2.75) is 27.3 Å². The fraction of sp³-hybridized carbons (Fsp3) is 0.167. The number of amides is 1. The molecule has 0 aliphatic rings. The quantitative estimate of drug-likeness (QED) is 0.0648.